The van der Waals surface area contributed by atoms with E-state index < -0.39 is 17.6 Å². The molecular formula is C24H30F4. The van der Waals surface area contributed by atoms with Gasteiger partial charge in [0.1, 0.15) is 5.82 Å². The average Bonchev–Trinajstić information content (AvgIpc) is 2.64. The summed E-state index contributed by atoms with van der Waals surface area (Å²) in [7, 11) is 0. The van der Waals surface area contributed by atoms with Crippen LogP contribution in [-0.4, -0.2) is 0 Å². The van der Waals surface area contributed by atoms with Crippen molar-refractivity contribution in [1.29, 1.82) is 0 Å². The van der Waals surface area contributed by atoms with Gasteiger partial charge < -0.3 is 0 Å². The molecule has 0 radical (unpaired) electrons. The maximum Gasteiger partial charge on any atom is 0.419 e. The topological polar surface area (TPSA) is 0 Å². The quantitative estimate of drug-likeness (QED) is 0.310. The van der Waals surface area contributed by atoms with Crippen molar-refractivity contribution in [1.82, 2.24) is 0 Å². The van der Waals surface area contributed by atoms with E-state index in [1.165, 1.54) is 37.3 Å². The van der Waals surface area contributed by atoms with Crippen molar-refractivity contribution in [3.05, 3.63) is 59.4 Å². The van der Waals surface area contributed by atoms with Crippen LogP contribution >= 0.6 is 0 Å². The summed E-state index contributed by atoms with van der Waals surface area (Å²) in [4.78, 5) is 0. The third-order valence-corrected chi connectivity index (χ3v) is 5.86. The molecule has 0 fully saturated rings. The summed E-state index contributed by atoms with van der Waals surface area (Å²) in [5, 5.41) is 0. The Hall–Kier alpha value is -1.84. The molecule has 4 heteroatoms. The molecule has 28 heavy (non-hydrogen) atoms. The summed E-state index contributed by atoms with van der Waals surface area (Å²) in [5.74, 6) is -0.909. The van der Waals surface area contributed by atoms with Gasteiger partial charge in [-0.1, -0.05) is 83.7 Å². The van der Waals surface area contributed by atoms with E-state index in [1.807, 2.05) is 24.3 Å². The molecular weight excluding hydrogens is 364 g/mol. The lowest BCUT2D eigenvalue weighted by molar-refractivity contribution is -0.139. The van der Waals surface area contributed by atoms with Crippen LogP contribution in [-0.2, 0) is 6.18 Å². The SMILES string of the molecule is CCCCCCC(C)(C)[C@@H](C)c1ccc(-c2ccc(F)c(C(F)(F)F)c2)cc1. The predicted molar refractivity (Wildman–Crippen MR) is 108 cm³/mol. The van der Waals surface area contributed by atoms with Gasteiger partial charge in [-0.15, -0.1) is 0 Å². The Morgan fingerprint density at radius 1 is 0.857 bits per heavy atom. The molecule has 0 aliphatic heterocycles. The van der Waals surface area contributed by atoms with Crippen molar-refractivity contribution >= 4 is 0 Å². The lowest BCUT2D eigenvalue weighted by atomic mass is 9.72. The normalized spacial score (nSPS) is 13.6. The Balaban J connectivity index is 2.17. The molecule has 2 aromatic rings. The second-order valence-corrected chi connectivity index (χ2v) is 8.34. The molecule has 0 saturated heterocycles. The van der Waals surface area contributed by atoms with Crippen molar-refractivity contribution in [3.63, 3.8) is 0 Å². The molecule has 1 atom stereocenters. The summed E-state index contributed by atoms with van der Waals surface area (Å²) < 4.78 is 52.4. The lowest BCUT2D eigenvalue weighted by Gasteiger charge is -2.32. The molecule has 0 bridgehead atoms. The molecule has 0 aromatic heterocycles. The van der Waals surface area contributed by atoms with Gasteiger partial charge in [-0.2, -0.15) is 13.2 Å². The van der Waals surface area contributed by atoms with Gasteiger partial charge in [0, 0.05) is 0 Å². The summed E-state index contributed by atoms with van der Waals surface area (Å²) in [5.41, 5.74) is 1.11. The van der Waals surface area contributed by atoms with Gasteiger partial charge in [0.05, 0.1) is 5.56 Å². The first-order valence-corrected chi connectivity index (χ1v) is 10.0. The molecule has 0 amide bonds. The summed E-state index contributed by atoms with van der Waals surface area (Å²) in [6, 6.07) is 10.8. The molecule has 0 unspecified atom stereocenters. The van der Waals surface area contributed by atoms with Crippen molar-refractivity contribution in [3.8, 4) is 11.1 Å². The average molecular weight is 394 g/mol. The van der Waals surface area contributed by atoms with Gasteiger partial charge in [0.15, 0.2) is 0 Å². The van der Waals surface area contributed by atoms with Gasteiger partial charge in [-0.05, 0) is 46.6 Å². The molecule has 0 nitrogen and oxygen atoms in total. The fraction of sp³-hybridized carbons (Fsp3) is 0.500. The minimum absolute atomic E-state index is 0.147. The van der Waals surface area contributed by atoms with E-state index in [4.69, 9.17) is 0 Å². The Kier molecular flexibility index (Phi) is 7.30. The molecule has 154 valence electrons. The van der Waals surface area contributed by atoms with Gasteiger partial charge in [0.2, 0.25) is 0 Å². The minimum atomic E-state index is -4.70. The van der Waals surface area contributed by atoms with Crippen LogP contribution in [0.25, 0.3) is 11.1 Å². The Bertz CT molecular complexity index is 757. The zero-order valence-corrected chi connectivity index (χ0v) is 17.2. The smallest absolute Gasteiger partial charge is 0.206 e. The number of hydrogen-bond acceptors (Lipinski definition) is 0. The fourth-order valence-corrected chi connectivity index (χ4v) is 3.56. The lowest BCUT2D eigenvalue weighted by Crippen LogP contribution is -2.20. The Morgan fingerprint density at radius 3 is 2.04 bits per heavy atom. The van der Waals surface area contributed by atoms with E-state index in [2.05, 4.69) is 27.7 Å². The van der Waals surface area contributed by atoms with Crippen LogP contribution < -0.4 is 0 Å². The van der Waals surface area contributed by atoms with Crippen LogP contribution in [0.5, 0.6) is 0 Å². The van der Waals surface area contributed by atoms with Gasteiger partial charge in [-0.3, -0.25) is 0 Å². The summed E-state index contributed by atoms with van der Waals surface area (Å²) in [6.07, 6.45) is 1.38. The second-order valence-electron chi connectivity index (χ2n) is 8.34. The molecule has 0 aliphatic carbocycles. The number of alkyl halides is 3. The van der Waals surface area contributed by atoms with E-state index in [-0.39, 0.29) is 5.41 Å². The summed E-state index contributed by atoms with van der Waals surface area (Å²) in [6.45, 7) is 8.95. The van der Waals surface area contributed by atoms with Crippen LogP contribution in [0.1, 0.15) is 76.8 Å². The van der Waals surface area contributed by atoms with Crippen molar-refractivity contribution in [2.75, 3.05) is 0 Å². The first kappa shape index (κ1) is 22.4. The molecule has 2 rings (SSSR count). The van der Waals surface area contributed by atoms with E-state index in [1.54, 1.807) is 0 Å². The zero-order chi connectivity index (χ0) is 20.9. The molecule has 0 aliphatic rings. The Morgan fingerprint density at radius 2 is 1.46 bits per heavy atom. The largest absolute Gasteiger partial charge is 0.419 e. The van der Waals surface area contributed by atoms with Crippen LogP contribution in [0.4, 0.5) is 17.6 Å². The molecule has 0 heterocycles. The van der Waals surface area contributed by atoms with Crippen molar-refractivity contribution in [2.24, 2.45) is 5.41 Å². The third-order valence-electron chi connectivity index (χ3n) is 5.86. The highest BCUT2D eigenvalue weighted by molar-refractivity contribution is 5.65. The maximum atomic E-state index is 13.5. The van der Waals surface area contributed by atoms with E-state index >= 15 is 0 Å². The second kappa shape index (κ2) is 9.11. The molecule has 0 N–H and O–H groups in total. The molecule has 0 saturated carbocycles. The first-order chi connectivity index (χ1) is 13.1. The summed E-state index contributed by atoms with van der Waals surface area (Å²) >= 11 is 0. The monoisotopic (exact) mass is 394 g/mol. The third kappa shape index (κ3) is 5.59. The fourth-order valence-electron chi connectivity index (χ4n) is 3.56. The predicted octanol–water partition coefficient (Wildman–Crippen LogP) is 8.61. The number of benzene rings is 2. The standard InChI is InChI=1S/C24H30F4/c1-5-6-7-8-15-23(3,4)17(2)18-9-11-19(12-10-18)20-13-14-22(25)21(16-20)24(26,27)28/h9-14,16-17H,5-8,15H2,1-4H3/t17-/m0/s1. The van der Waals surface area contributed by atoms with E-state index in [9.17, 15) is 17.6 Å². The van der Waals surface area contributed by atoms with Crippen LogP contribution in [0.3, 0.4) is 0 Å². The van der Waals surface area contributed by atoms with Crippen LogP contribution in [0.2, 0.25) is 0 Å². The van der Waals surface area contributed by atoms with Gasteiger partial charge >= 0.3 is 6.18 Å². The number of unbranched alkanes of at least 4 members (excludes halogenated alkanes) is 3. The van der Waals surface area contributed by atoms with Gasteiger partial charge in [-0.25, -0.2) is 4.39 Å². The van der Waals surface area contributed by atoms with E-state index in [0.29, 0.717) is 17.0 Å². The molecule has 2 aromatic carbocycles. The van der Waals surface area contributed by atoms with Crippen molar-refractivity contribution in [2.45, 2.75) is 71.9 Å². The highest BCUT2D eigenvalue weighted by Crippen LogP contribution is 2.40. The first-order valence-electron chi connectivity index (χ1n) is 10.0. The minimum Gasteiger partial charge on any atom is -0.206 e. The molecule has 0 spiro atoms. The van der Waals surface area contributed by atoms with E-state index in [0.717, 1.165) is 18.6 Å². The Labute approximate surface area is 166 Å². The number of rotatable bonds is 8. The number of halogens is 4. The highest BCUT2D eigenvalue weighted by atomic mass is 19.4. The number of hydrogen-bond donors (Lipinski definition) is 0. The van der Waals surface area contributed by atoms with Crippen LogP contribution in [0, 0.1) is 11.2 Å². The zero-order valence-electron chi connectivity index (χ0n) is 17.2. The highest BCUT2D eigenvalue weighted by Gasteiger charge is 2.34. The maximum absolute atomic E-state index is 13.5. The van der Waals surface area contributed by atoms with Crippen molar-refractivity contribution < 1.29 is 17.6 Å². The van der Waals surface area contributed by atoms with Crippen LogP contribution in [0.15, 0.2) is 42.5 Å². The van der Waals surface area contributed by atoms with Gasteiger partial charge in [0.25, 0.3) is 0 Å².